The van der Waals surface area contributed by atoms with Gasteiger partial charge in [-0.2, -0.15) is 5.26 Å². The number of benzene rings is 1. The topological polar surface area (TPSA) is 64.9 Å². The van der Waals surface area contributed by atoms with Crippen molar-refractivity contribution in [3.63, 3.8) is 0 Å². The second-order valence-electron chi connectivity index (χ2n) is 4.19. The van der Waals surface area contributed by atoms with Crippen molar-refractivity contribution in [3.05, 3.63) is 35.4 Å². The third-order valence-corrected chi connectivity index (χ3v) is 2.95. The van der Waals surface area contributed by atoms with Crippen LogP contribution in [0.1, 0.15) is 28.8 Å². The fourth-order valence-corrected chi connectivity index (χ4v) is 1.93. The summed E-state index contributed by atoms with van der Waals surface area (Å²) in [5.41, 5.74) is 1.19. The lowest BCUT2D eigenvalue weighted by atomic mass is 10.1. The van der Waals surface area contributed by atoms with Crippen molar-refractivity contribution in [1.29, 1.82) is 5.26 Å². The van der Waals surface area contributed by atoms with Crippen molar-refractivity contribution in [2.75, 3.05) is 13.1 Å². The van der Waals surface area contributed by atoms with E-state index in [0.29, 0.717) is 11.1 Å². The van der Waals surface area contributed by atoms with Crippen molar-refractivity contribution in [3.8, 4) is 6.07 Å². The molecule has 0 aromatic heterocycles. The van der Waals surface area contributed by atoms with E-state index < -0.39 is 0 Å². The molecule has 0 radical (unpaired) electrons. The minimum atomic E-state index is -0.0543. The third-order valence-electron chi connectivity index (χ3n) is 2.95. The Morgan fingerprint density at radius 3 is 2.44 bits per heavy atom. The molecule has 1 aromatic carbocycles. The summed E-state index contributed by atoms with van der Waals surface area (Å²) in [6.45, 7) is 1.91. The maximum atomic E-state index is 11.9. The van der Waals surface area contributed by atoms with Crippen molar-refractivity contribution >= 4 is 18.3 Å². The molecule has 0 spiro atoms. The number of nitrogens with zero attached hydrogens (tertiary/aromatic N) is 1. The number of amides is 1. The van der Waals surface area contributed by atoms with Gasteiger partial charge in [-0.05, 0) is 50.2 Å². The summed E-state index contributed by atoms with van der Waals surface area (Å²) in [4.78, 5) is 11.9. The van der Waals surface area contributed by atoms with Crippen LogP contribution in [0.15, 0.2) is 24.3 Å². The lowest BCUT2D eigenvalue weighted by Gasteiger charge is -2.23. The molecule has 96 valence electrons. The van der Waals surface area contributed by atoms with Crippen molar-refractivity contribution in [2.24, 2.45) is 0 Å². The van der Waals surface area contributed by atoms with Crippen LogP contribution in [-0.2, 0) is 0 Å². The Bertz CT molecular complexity index is 433. The van der Waals surface area contributed by atoms with Crippen LogP contribution in [0.4, 0.5) is 0 Å². The SMILES string of the molecule is Cl.N#Cc1ccc(C(=O)NC2CCNCC2)cc1. The number of halogens is 1. The summed E-state index contributed by atoms with van der Waals surface area (Å²) in [7, 11) is 0. The number of nitrogens with one attached hydrogen (secondary N) is 2. The average Bonchev–Trinajstić information content (AvgIpc) is 2.40. The Labute approximate surface area is 113 Å². The molecular formula is C13H16ClN3O. The van der Waals surface area contributed by atoms with Crippen molar-refractivity contribution in [2.45, 2.75) is 18.9 Å². The Kier molecular flexibility index (Phi) is 5.63. The van der Waals surface area contributed by atoms with E-state index in [4.69, 9.17) is 5.26 Å². The summed E-state index contributed by atoms with van der Waals surface area (Å²) in [5, 5.41) is 14.9. The lowest BCUT2D eigenvalue weighted by Crippen LogP contribution is -2.42. The second kappa shape index (κ2) is 7.00. The first-order chi connectivity index (χ1) is 8.29. The van der Waals surface area contributed by atoms with E-state index >= 15 is 0 Å². The zero-order valence-corrected chi connectivity index (χ0v) is 10.8. The van der Waals surface area contributed by atoms with Crippen LogP contribution >= 0.6 is 12.4 Å². The lowest BCUT2D eigenvalue weighted by molar-refractivity contribution is 0.0929. The minimum Gasteiger partial charge on any atom is -0.349 e. The molecule has 0 aliphatic carbocycles. The van der Waals surface area contributed by atoms with Crippen LogP contribution in [0, 0.1) is 11.3 Å². The molecule has 0 saturated carbocycles. The number of piperidine rings is 1. The van der Waals surface area contributed by atoms with E-state index in [1.807, 2.05) is 6.07 Å². The maximum Gasteiger partial charge on any atom is 0.251 e. The van der Waals surface area contributed by atoms with Crippen molar-refractivity contribution in [1.82, 2.24) is 10.6 Å². The highest BCUT2D eigenvalue weighted by Gasteiger charge is 2.15. The minimum absolute atomic E-state index is 0. The zero-order valence-electron chi connectivity index (χ0n) is 9.98. The molecule has 0 bridgehead atoms. The van der Waals surface area contributed by atoms with Gasteiger partial charge in [-0.1, -0.05) is 0 Å². The van der Waals surface area contributed by atoms with E-state index in [0.717, 1.165) is 25.9 Å². The largest absolute Gasteiger partial charge is 0.349 e. The number of hydrogen-bond donors (Lipinski definition) is 2. The zero-order chi connectivity index (χ0) is 12.1. The highest BCUT2D eigenvalue weighted by Crippen LogP contribution is 2.06. The van der Waals surface area contributed by atoms with Crippen LogP contribution in [0.3, 0.4) is 0 Å². The molecule has 1 heterocycles. The molecule has 2 rings (SSSR count). The van der Waals surface area contributed by atoms with E-state index in [1.54, 1.807) is 24.3 Å². The van der Waals surface area contributed by atoms with Gasteiger partial charge in [0.05, 0.1) is 11.6 Å². The van der Waals surface area contributed by atoms with Gasteiger partial charge in [0.15, 0.2) is 0 Å². The van der Waals surface area contributed by atoms with E-state index in [-0.39, 0.29) is 24.4 Å². The van der Waals surface area contributed by atoms with E-state index in [2.05, 4.69) is 10.6 Å². The van der Waals surface area contributed by atoms with Gasteiger partial charge >= 0.3 is 0 Å². The van der Waals surface area contributed by atoms with Crippen LogP contribution in [0.5, 0.6) is 0 Å². The number of carbonyl (C=O) groups is 1. The number of hydrogen-bond acceptors (Lipinski definition) is 3. The summed E-state index contributed by atoms with van der Waals surface area (Å²) in [6, 6.07) is 9.00. The van der Waals surface area contributed by atoms with Gasteiger partial charge in [0.25, 0.3) is 5.91 Å². The number of carbonyl (C=O) groups excluding carboxylic acids is 1. The molecule has 1 saturated heterocycles. The van der Waals surface area contributed by atoms with E-state index in [9.17, 15) is 4.79 Å². The molecule has 4 nitrogen and oxygen atoms in total. The molecule has 1 aliphatic rings. The predicted octanol–water partition coefficient (Wildman–Crippen LogP) is 1.46. The molecule has 18 heavy (non-hydrogen) atoms. The molecule has 0 atom stereocenters. The summed E-state index contributed by atoms with van der Waals surface area (Å²) < 4.78 is 0. The maximum absolute atomic E-state index is 11.9. The standard InChI is InChI=1S/C13H15N3O.ClH/c14-9-10-1-3-11(4-2-10)13(17)16-12-5-7-15-8-6-12;/h1-4,12,15H,5-8H2,(H,16,17);1H. The average molecular weight is 266 g/mol. The second-order valence-corrected chi connectivity index (χ2v) is 4.19. The molecule has 0 unspecified atom stereocenters. The molecule has 1 aliphatic heterocycles. The monoisotopic (exact) mass is 265 g/mol. The molecule has 2 N–H and O–H groups in total. The molecule has 5 heteroatoms. The first kappa shape index (κ1) is 14.5. The summed E-state index contributed by atoms with van der Waals surface area (Å²) in [6.07, 6.45) is 1.95. The smallest absolute Gasteiger partial charge is 0.251 e. The van der Waals surface area contributed by atoms with Gasteiger partial charge in [-0.3, -0.25) is 4.79 Å². The Morgan fingerprint density at radius 2 is 1.89 bits per heavy atom. The summed E-state index contributed by atoms with van der Waals surface area (Å²) >= 11 is 0. The van der Waals surface area contributed by atoms with Gasteiger partial charge in [0.2, 0.25) is 0 Å². The van der Waals surface area contributed by atoms with Crippen molar-refractivity contribution < 1.29 is 4.79 Å². The molecule has 1 fully saturated rings. The van der Waals surface area contributed by atoms with Crippen LogP contribution in [0.2, 0.25) is 0 Å². The van der Waals surface area contributed by atoms with Crippen LogP contribution in [-0.4, -0.2) is 25.0 Å². The number of nitriles is 1. The predicted molar refractivity (Wildman–Crippen MR) is 71.8 cm³/mol. The fourth-order valence-electron chi connectivity index (χ4n) is 1.93. The van der Waals surface area contributed by atoms with Crippen LogP contribution < -0.4 is 10.6 Å². The van der Waals surface area contributed by atoms with Gasteiger partial charge in [0, 0.05) is 11.6 Å². The Morgan fingerprint density at radius 1 is 1.28 bits per heavy atom. The van der Waals surface area contributed by atoms with Gasteiger partial charge in [-0.15, -0.1) is 12.4 Å². The highest BCUT2D eigenvalue weighted by atomic mass is 35.5. The first-order valence-electron chi connectivity index (χ1n) is 5.81. The van der Waals surface area contributed by atoms with Crippen LogP contribution in [0.25, 0.3) is 0 Å². The van der Waals surface area contributed by atoms with E-state index in [1.165, 1.54) is 0 Å². The number of rotatable bonds is 2. The van der Waals surface area contributed by atoms with Gasteiger partial charge in [0.1, 0.15) is 0 Å². The Hall–Kier alpha value is -1.57. The van der Waals surface area contributed by atoms with Gasteiger partial charge < -0.3 is 10.6 Å². The fraction of sp³-hybridized carbons (Fsp3) is 0.385. The molecule has 1 amide bonds. The molecule has 1 aromatic rings. The van der Waals surface area contributed by atoms with Gasteiger partial charge in [-0.25, -0.2) is 0 Å². The third kappa shape index (κ3) is 3.73. The first-order valence-corrected chi connectivity index (χ1v) is 5.81. The Balaban J connectivity index is 0.00000162. The highest BCUT2D eigenvalue weighted by molar-refractivity contribution is 5.94. The molecular weight excluding hydrogens is 250 g/mol. The quantitative estimate of drug-likeness (QED) is 0.851. The summed E-state index contributed by atoms with van der Waals surface area (Å²) in [5.74, 6) is -0.0543. The normalized spacial score (nSPS) is 15.3.